The lowest BCUT2D eigenvalue weighted by molar-refractivity contribution is 0.560. The second-order valence-electron chi connectivity index (χ2n) is 5.65. The number of nitrogens with zero attached hydrogens (tertiary/aromatic N) is 2. The van der Waals surface area contributed by atoms with E-state index in [1.807, 2.05) is 57.2 Å². The minimum absolute atomic E-state index is 0.475. The molecule has 5 nitrogen and oxygen atoms in total. The van der Waals surface area contributed by atoms with Crippen molar-refractivity contribution in [3.63, 3.8) is 0 Å². The lowest BCUT2D eigenvalue weighted by atomic mass is 10.2. The van der Waals surface area contributed by atoms with E-state index in [1.54, 1.807) is 0 Å². The summed E-state index contributed by atoms with van der Waals surface area (Å²) in [7, 11) is 3.99. The number of nitrogens with two attached hydrogens (primary N) is 1. The number of aliphatic imine (C=N–C) groups is 1. The summed E-state index contributed by atoms with van der Waals surface area (Å²) in [5.74, 6) is 0.873. The SMILES string of the molecule is C/C(=C/N(C)C)C(=NCNc1ccc(C)c(Cl)c1)NCCCN. The van der Waals surface area contributed by atoms with Crippen LogP contribution in [0.25, 0.3) is 0 Å². The molecule has 0 aliphatic heterocycles. The minimum atomic E-state index is 0.475. The summed E-state index contributed by atoms with van der Waals surface area (Å²) < 4.78 is 0. The van der Waals surface area contributed by atoms with Gasteiger partial charge in [0.2, 0.25) is 0 Å². The van der Waals surface area contributed by atoms with Gasteiger partial charge in [0.05, 0.1) is 0 Å². The Morgan fingerprint density at radius 3 is 2.74 bits per heavy atom. The summed E-state index contributed by atoms with van der Waals surface area (Å²) in [4.78, 5) is 6.61. The third-order valence-electron chi connectivity index (χ3n) is 3.19. The van der Waals surface area contributed by atoms with E-state index in [0.29, 0.717) is 13.2 Å². The topological polar surface area (TPSA) is 65.7 Å². The highest BCUT2D eigenvalue weighted by atomic mass is 35.5. The fourth-order valence-electron chi connectivity index (χ4n) is 1.99. The Morgan fingerprint density at radius 2 is 2.13 bits per heavy atom. The first kappa shape index (κ1) is 19.3. The van der Waals surface area contributed by atoms with Crippen LogP contribution >= 0.6 is 11.6 Å². The maximum Gasteiger partial charge on any atom is 0.127 e. The first-order valence-electron chi connectivity index (χ1n) is 7.77. The third-order valence-corrected chi connectivity index (χ3v) is 3.60. The van der Waals surface area contributed by atoms with Crippen LogP contribution < -0.4 is 16.4 Å². The molecule has 0 bridgehead atoms. The molecular weight excluding hydrogens is 310 g/mol. The van der Waals surface area contributed by atoms with E-state index in [2.05, 4.69) is 15.6 Å². The molecule has 0 aliphatic carbocycles. The zero-order chi connectivity index (χ0) is 17.2. The van der Waals surface area contributed by atoms with Crippen molar-refractivity contribution in [3.8, 4) is 0 Å². The number of benzene rings is 1. The van der Waals surface area contributed by atoms with Crippen LogP contribution in [0, 0.1) is 6.92 Å². The van der Waals surface area contributed by atoms with E-state index in [4.69, 9.17) is 17.3 Å². The molecule has 4 N–H and O–H groups in total. The summed E-state index contributed by atoms with van der Waals surface area (Å²) >= 11 is 6.13. The Labute approximate surface area is 144 Å². The molecule has 0 atom stereocenters. The van der Waals surface area contributed by atoms with Crippen molar-refractivity contribution in [1.29, 1.82) is 0 Å². The van der Waals surface area contributed by atoms with Crippen molar-refractivity contribution in [2.24, 2.45) is 10.7 Å². The van der Waals surface area contributed by atoms with Crippen molar-refractivity contribution in [1.82, 2.24) is 10.2 Å². The highest BCUT2D eigenvalue weighted by molar-refractivity contribution is 6.31. The van der Waals surface area contributed by atoms with Gasteiger partial charge in [-0.05, 0) is 44.5 Å². The van der Waals surface area contributed by atoms with E-state index in [0.717, 1.165) is 40.6 Å². The molecule has 0 amide bonds. The summed E-state index contributed by atoms with van der Waals surface area (Å²) in [5.41, 5.74) is 8.65. The van der Waals surface area contributed by atoms with Crippen LogP contribution in [0.2, 0.25) is 5.02 Å². The second kappa shape index (κ2) is 10.1. The van der Waals surface area contributed by atoms with E-state index >= 15 is 0 Å². The largest absolute Gasteiger partial charge is 0.383 e. The molecule has 0 aliphatic rings. The van der Waals surface area contributed by atoms with Crippen molar-refractivity contribution >= 4 is 23.1 Å². The molecule has 0 saturated carbocycles. The molecule has 0 aromatic heterocycles. The first-order valence-corrected chi connectivity index (χ1v) is 8.15. The normalized spacial score (nSPS) is 12.3. The molecule has 1 aromatic carbocycles. The Hall–Kier alpha value is -1.72. The lowest BCUT2D eigenvalue weighted by Crippen LogP contribution is -2.28. The second-order valence-corrected chi connectivity index (χ2v) is 6.06. The number of hydrogen-bond acceptors (Lipinski definition) is 4. The van der Waals surface area contributed by atoms with E-state index in [-0.39, 0.29) is 0 Å². The molecule has 0 radical (unpaired) electrons. The Bertz CT molecular complexity index is 552. The molecule has 6 heteroatoms. The molecule has 0 saturated heterocycles. The van der Waals surface area contributed by atoms with Crippen molar-refractivity contribution in [2.45, 2.75) is 20.3 Å². The number of aryl methyl sites for hydroxylation is 1. The number of nitrogens with one attached hydrogen (secondary N) is 2. The van der Waals surface area contributed by atoms with Crippen LogP contribution in [-0.4, -0.2) is 44.6 Å². The van der Waals surface area contributed by atoms with Gasteiger partial charge < -0.3 is 21.3 Å². The fraction of sp³-hybridized carbons (Fsp3) is 0.471. The average molecular weight is 338 g/mol. The zero-order valence-electron chi connectivity index (χ0n) is 14.5. The molecule has 128 valence electrons. The number of hydrogen-bond donors (Lipinski definition) is 3. The van der Waals surface area contributed by atoms with Gasteiger partial charge in [0.1, 0.15) is 12.5 Å². The van der Waals surface area contributed by atoms with Gasteiger partial charge >= 0.3 is 0 Å². The van der Waals surface area contributed by atoms with Gasteiger partial charge in [-0.25, -0.2) is 4.99 Å². The van der Waals surface area contributed by atoms with Crippen LogP contribution in [0.5, 0.6) is 0 Å². The van der Waals surface area contributed by atoms with Crippen LogP contribution in [-0.2, 0) is 0 Å². The highest BCUT2D eigenvalue weighted by Crippen LogP contribution is 2.19. The lowest BCUT2D eigenvalue weighted by Gasteiger charge is -2.14. The highest BCUT2D eigenvalue weighted by Gasteiger charge is 2.02. The number of halogens is 1. The van der Waals surface area contributed by atoms with Gasteiger partial charge in [-0.2, -0.15) is 0 Å². The molecular formula is C17H28ClN5. The first-order chi connectivity index (χ1) is 10.9. The van der Waals surface area contributed by atoms with E-state index in [1.165, 1.54) is 0 Å². The van der Waals surface area contributed by atoms with Gasteiger partial charge in [-0.3, -0.25) is 0 Å². The molecule has 23 heavy (non-hydrogen) atoms. The Balaban J connectivity index is 2.72. The van der Waals surface area contributed by atoms with Crippen LogP contribution in [0.1, 0.15) is 18.9 Å². The third kappa shape index (κ3) is 7.39. The molecule has 0 heterocycles. The zero-order valence-corrected chi connectivity index (χ0v) is 15.2. The van der Waals surface area contributed by atoms with Crippen LogP contribution in [0.3, 0.4) is 0 Å². The maximum absolute atomic E-state index is 6.13. The average Bonchev–Trinajstić information content (AvgIpc) is 2.48. The maximum atomic E-state index is 6.13. The summed E-state index contributed by atoms with van der Waals surface area (Å²) in [6, 6.07) is 5.91. The van der Waals surface area contributed by atoms with Gasteiger partial charge in [-0.15, -0.1) is 0 Å². The van der Waals surface area contributed by atoms with E-state index < -0.39 is 0 Å². The molecule has 1 rings (SSSR count). The minimum Gasteiger partial charge on any atom is -0.383 e. The summed E-state index contributed by atoms with van der Waals surface area (Å²) in [5, 5.41) is 7.36. The number of rotatable bonds is 8. The number of amidine groups is 1. The standard InChI is InChI=1S/C17H28ClN5/c1-13-6-7-15(10-16(13)18)21-12-22-17(20-9-5-8-19)14(2)11-23(3)4/h6-7,10-11,21H,5,8-9,12,19H2,1-4H3,(H,20,22)/b14-11-. The monoisotopic (exact) mass is 337 g/mol. The van der Waals surface area contributed by atoms with Crippen molar-refractivity contribution in [2.75, 3.05) is 39.2 Å². The quantitative estimate of drug-likeness (QED) is 0.388. The van der Waals surface area contributed by atoms with E-state index in [9.17, 15) is 0 Å². The summed E-state index contributed by atoms with van der Waals surface area (Å²) in [6.45, 7) is 5.97. The Morgan fingerprint density at radius 1 is 1.39 bits per heavy atom. The number of anilines is 1. The van der Waals surface area contributed by atoms with Gasteiger partial charge in [-0.1, -0.05) is 17.7 Å². The molecule has 0 fully saturated rings. The van der Waals surface area contributed by atoms with Gasteiger partial charge in [0, 0.05) is 43.1 Å². The molecule has 0 spiro atoms. The van der Waals surface area contributed by atoms with Crippen molar-refractivity contribution in [3.05, 3.63) is 40.6 Å². The Kier molecular flexibility index (Phi) is 8.51. The molecule has 0 unspecified atom stereocenters. The predicted molar refractivity (Wildman–Crippen MR) is 101 cm³/mol. The fourth-order valence-corrected chi connectivity index (χ4v) is 2.17. The molecule has 1 aromatic rings. The van der Waals surface area contributed by atoms with Crippen LogP contribution in [0.4, 0.5) is 5.69 Å². The van der Waals surface area contributed by atoms with Crippen molar-refractivity contribution < 1.29 is 0 Å². The predicted octanol–water partition coefficient (Wildman–Crippen LogP) is 2.82. The smallest absolute Gasteiger partial charge is 0.127 e. The van der Waals surface area contributed by atoms with Gasteiger partial charge in [0.25, 0.3) is 0 Å². The summed E-state index contributed by atoms with van der Waals surface area (Å²) in [6.07, 6.45) is 2.95. The van der Waals surface area contributed by atoms with Crippen LogP contribution in [0.15, 0.2) is 35.0 Å². The van der Waals surface area contributed by atoms with Gasteiger partial charge in [0.15, 0.2) is 0 Å².